The average Bonchev–Trinajstić information content (AvgIpc) is 2.79. The molecular formula is C23H25F3N2O5S. The molecule has 0 saturated carbocycles. The van der Waals surface area contributed by atoms with Crippen LogP contribution in [0.3, 0.4) is 0 Å². The van der Waals surface area contributed by atoms with Crippen LogP contribution >= 0.6 is 0 Å². The topological polar surface area (TPSA) is 92.8 Å². The van der Waals surface area contributed by atoms with Crippen molar-refractivity contribution < 1.29 is 35.9 Å². The van der Waals surface area contributed by atoms with E-state index in [1.54, 1.807) is 6.07 Å². The molecule has 0 aliphatic carbocycles. The van der Waals surface area contributed by atoms with Crippen molar-refractivity contribution in [3.8, 4) is 0 Å². The van der Waals surface area contributed by atoms with Gasteiger partial charge in [-0.05, 0) is 56.0 Å². The zero-order chi connectivity index (χ0) is 25.1. The van der Waals surface area contributed by atoms with E-state index >= 15 is 0 Å². The van der Waals surface area contributed by atoms with E-state index in [0.717, 1.165) is 33.6 Å². The predicted octanol–water partition coefficient (Wildman–Crippen LogP) is 3.90. The molecule has 1 aliphatic rings. The van der Waals surface area contributed by atoms with Crippen LogP contribution in [0.1, 0.15) is 29.5 Å². The van der Waals surface area contributed by atoms with Crippen LogP contribution in [0.4, 0.5) is 18.9 Å². The Morgan fingerprint density at radius 1 is 1.09 bits per heavy atom. The average molecular weight is 499 g/mol. The molecule has 0 bridgehead atoms. The molecule has 184 valence electrons. The lowest BCUT2D eigenvalue weighted by Gasteiger charge is -2.30. The Morgan fingerprint density at radius 3 is 2.38 bits per heavy atom. The zero-order valence-electron chi connectivity index (χ0n) is 18.7. The summed E-state index contributed by atoms with van der Waals surface area (Å²) < 4.78 is 71.5. The molecule has 1 fully saturated rings. The van der Waals surface area contributed by atoms with E-state index in [9.17, 15) is 31.2 Å². The van der Waals surface area contributed by atoms with E-state index in [1.165, 1.54) is 6.07 Å². The fourth-order valence-corrected chi connectivity index (χ4v) is 5.39. The molecule has 0 atom stereocenters. The molecule has 1 amide bonds. The summed E-state index contributed by atoms with van der Waals surface area (Å²) >= 11 is 0. The van der Waals surface area contributed by atoms with Gasteiger partial charge in [-0.15, -0.1) is 0 Å². The second kappa shape index (κ2) is 10.1. The molecule has 1 N–H and O–H groups in total. The van der Waals surface area contributed by atoms with Crippen molar-refractivity contribution in [1.82, 2.24) is 4.31 Å². The molecule has 1 heterocycles. The van der Waals surface area contributed by atoms with E-state index in [1.807, 2.05) is 26.0 Å². The minimum absolute atomic E-state index is 0.0743. The number of halogens is 3. The molecule has 3 rings (SSSR count). The number of aryl methyl sites for hydroxylation is 2. The van der Waals surface area contributed by atoms with Crippen LogP contribution < -0.4 is 5.32 Å². The van der Waals surface area contributed by atoms with Crippen molar-refractivity contribution in [2.24, 2.45) is 5.92 Å². The summed E-state index contributed by atoms with van der Waals surface area (Å²) in [6.45, 7) is 2.94. The third kappa shape index (κ3) is 5.95. The number of carbonyl (C=O) groups is 2. The molecule has 0 spiro atoms. The van der Waals surface area contributed by atoms with Gasteiger partial charge in [-0.1, -0.05) is 24.3 Å². The molecule has 1 aliphatic heterocycles. The SMILES string of the molecule is Cc1ccc(C)c(NC(=O)COC(=O)C2CCN(S(=O)(=O)c3ccccc3C(F)(F)F)CC2)c1. The van der Waals surface area contributed by atoms with Crippen LogP contribution in [0.25, 0.3) is 0 Å². The lowest BCUT2D eigenvalue weighted by Crippen LogP contribution is -2.41. The molecule has 0 aromatic heterocycles. The number of rotatable bonds is 6. The third-order valence-corrected chi connectivity index (χ3v) is 7.57. The number of ether oxygens (including phenoxy) is 1. The number of benzene rings is 2. The number of hydrogen-bond donors (Lipinski definition) is 1. The van der Waals surface area contributed by atoms with Gasteiger partial charge in [0, 0.05) is 18.8 Å². The largest absolute Gasteiger partial charge is 0.455 e. The molecule has 0 unspecified atom stereocenters. The van der Waals surface area contributed by atoms with Gasteiger partial charge in [0.25, 0.3) is 5.91 Å². The smallest absolute Gasteiger partial charge is 0.417 e. The summed E-state index contributed by atoms with van der Waals surface area (Å²) in [6.07, 6.45) is -4.67. The third-order valence-electron chi connectivity index (χ3n) is 5.61. The highest BCUT2D eigenvalue weighted by atomic mass is 32.2. The number of sulfonamides is 1. The van der Waals surface area contributed by atoms with Gasteiger partial charge in [-0.2, -0.15) is 17.5 Å². The maximum Gasteiger partial charge on any atom is 0.417 e. The Labute approximate surface area is 196 Å². The first kappa shape index (κ1) is 25.7. The van der Waals surface area contributed by atoms with Gasteiger partial charge in [0.2, 0.25) is 10.0 Å². The van der Waals surface area contributed by atoms with Crippen molar-refractivity contribution in [3.63, 3.8) is 0 Å². The van der Waals surface area contributed by atoms with Crippen LogP contribution in [-0.2, 0) is 30.5 Å². The van der Waals surface area contributed by atoms with Crippen LogP contribution in [0.5, 0.6) is 0 Å². The zero-order valence-corrected chi connectivity index (χ0v) is 19.5. The van der Waals surface area contributed by atoms with Crippen LogP contribution in [0.15, 0.2) is 47.4 Å². The maximum absolute atomic E-state index is 13.3. The first-order valence-corrected chi connectivity index (χ1v) is 12.0. The summed E-state index contributed by atoms with van der Waals surface area (Å²) in [5.74, 6) is -1.81. The van der Waals surface area contributed by atoms with E-state index in [2.05, 4.69) is 5.32 Å². The Balaban J connectivity index is 1.56. The highest BCUT2D eigenvalue weighted by Gasteiger charge is 2.40. The number of nitrogens with one attached hydrogen (secondary N) is 1. The van der Waals surface area contributed by atoms with Crippen molar-refractivity contribution >= 4 is 27.6 Å². The van der Waals surface area contributed by atoms with Crippen molar-refractivity contribution in [3.05, 3.63) is 59.2 Å². The standard InChI is InChI=1S/C23H25F3N2O5S/c1-15-7-8-16(2)19(13-15)27-21(29)14-33-22(30)17-9-11-28(12-10-17)34(31,32)20-6-4-3-5-18(20)23(24,25)26/h3-8,13,17H,9-12,14H2,1-2H3,(H,27,29). The second-order valence-corrected chi connectivity index (χ2v) is 10.1. The number of esters is 1. The monoisotopic (exact) mass is 498 g/mol. The number of carbonyl (C=O) groups excluding carboxylic acids is 2. The minimum atomic E-state index is -4.82. The Hall–Kier alpha value is -2.92. The lowest BCUT2D eigenvalue weighted by atomic mass is 9.98. The number of nitrogens with zero attached hydrogens (tertiary/aromatic N) is 1. The van der Waals surface area contributed by atoms with E-state index < -0.39 is 51.1 Å². The number of hydrogen-bond acceptors (Lipinski definition) is 5. The highest BCUT2D eigenvalue weighted by Crippen LogP contribution is 2.36. The first-order valence-electron chi connectivity index (χ1n) is 10.6. The molecule has 0 radical (unpaired) electrons. The van der Waals surface area contributed by atoms with E-state index in [-0.39, 0.29) is 25.9 Å². The number of amides is 1. The summed E-state index contributed by atoms with van der Waals surface area (Å²) in [7, 11) is -4.40. The van der Waals surface area contributed by atoms with E-state index in [4.69, 9.17) is 4.74 Å². The van der Waals surface area contributed by atoms with E-state index in [0.29, 0.717) is 5.69 Å². The van der Waals surface area contributed by atoms with Crippen molar-refractivity contribution in [1.29, 1.82) is 0 Å². The molecule has 1 saturated heterocycles. The lowest BCUT2D eigenvalue weighted by molar-refractivity contribution is -0.152. The Bertz CT molecular complexity index is 1170. The number of alkyl halides is 3. The van der Waals surface area contributed by atoms with Gasteiger partial charge in [0.1, 0.15) is 0 Å². The second-order valence-electron chi connectivity index (χ2n) is 8.15. The molecule has 2 aromatic carbocycles. The predicted molar refractivity (Wildman–Crippen MR) is 118 cm³/mol. The van der Waals surface area contributed by atoms with Gasteiger partial charge in [0.15, 0.2) is 6.61 Å². The fraction of sp³-hybridized carbons (Fsp3) is 0.391. The number of anilines is 1. The van der Waals surface area contributed by atoms with Crippen LogP contribution in [0, 0.1) is 19.8 Å². The van der Waals surface area contributed by atoms with Gasteiger partial charge >= 0.3 is 12.1 Å². The summed E-state index contributed by atoms with van der Waals surface area (Å²) in [6, 6.07) is 9.55. The van der Waals surface area contributed by atoms with Gasteiger partial charge in [-0.25, -0.2) is 8.42 Å². The van der Waals surface area contributed by atoms with Gasteiger partial charge in [0.05, 0.1) is 16.4 Å². The molecule has 2 aromatic rings. The molecule has 34 heavy (non-hydrogen) atoms. The molecule has 11 heteroatoms. The quantitative estimate of drug-likeness (QED) is 0.610. The summed E-state index contributed by atoms with van der Waals surface area (Å²) in [4.78, 5) is 23.7. The highest BCUT2D eigenvalue weighted by molar-refractivity contribution is 7.89. The van der Waals surface area contributed by atoms with Crippen LogP contribution in [-0.4, -0.2) is 44.3 Å². The first-order chi connectivity index (χ1) is 15.9. The molecule has 7 nitrogen and oxygen atoms in total. The van der Waals surface area contributed by atoms with Gasteiger partial charge in [-0.3, -0.25) is 9.59 Å². The van der Waals surface area contributed by atoms with Crippen molar-refractivity contribution in [2.45, 2.75) is 37.8 Å². The normalized spacial score (nSPS) is 15.7. The Morgan fingerprint density at radius 2 is 1.74 bits per heavy atom. The maximum atomic E-state index is 13.3. The van der Waals surface area contributed by atoms with Crippen LogP contribution in [0.2, 0.25) is 0 Å². The number of piperidine rings is 1. The molecular weight excluding hydrogens is 473 g/mol. The summed E-state index contributed by atoms with van der Waals surface area (Å²) in [5, 5.41) is 2.68. The summed E-state index contributed by atoms with van der Waals surface area (Å²) in [5.41, 5.74) is 1.19. The van der Waals surface area contributed by atoms with Gasteiger partial charge < -0.3 is 10.1 Å². The fourth-order valence-electron chi connectivity index (χ4n) is 3.71. The van der Waals surface area contributed by atoms with Crippen molar-refractivity contribution in [2.75, 3.05) is 25.0 Å². The minimum Gasteiger partial charge on any atom is -0.455 e. The Kier molecular flexibility index (Phi) is 7.67.